The Morgan fingerprint density at radius 2 is 2.07 bits per heavy atom. The molecular formula is C10H8ClN3. The van der Waals surface area contributed by atoms with Crippen LogP contribution in [0.3, 0.4) is 0 Å². The van der Waals surface area contributed by atoms with Crippen molar-refractivity contribution in [2.75, 3.05) is 0 Å². The first-order chi connectivity index (χ1) is 6.66. The third kappa shape index (κ3) is 1.54. The zero-order valence-corrected chi connectivity index (χ0v) is 8.05. The first kappa shape index (κ1) is 8.97. The van der Waals surface area contributed by atoms with Gasteiger partial charge in [0.25, 0.3) is 0 Å². The van der Waals surface area contributed by atoms with Gasteiger partial charge in [0, 0.05) is 10.4 Å². The molecule has 2 rings (SSSR count). The number of fused-ring (bicyclic) bond motifs is 1. The molecule has 0 aliphatic rings. The summed E-state index contributed by atoms with van der Waals surface area (Å²) in [6.07, 6.45) is 0. The Morgan fingerprint density at radius 1 is 1.29 bits per heavy atom. The Labute approximate surface area is 86.0 Å². The molecule has 1 aromatic heterocycles. The van der Waals surface area contributed by atoms with E-state index in [1.54, 1.807) is 12.1 Å². The van der Waals surface area contributed by atoms with Crippen molar-refractivity contribution < 1.29 is 0 Å². The van der Waals surface area contributed by atoms with E-state index in [-0.39, 0.29) is 5.84 Å². The van der Waals surface area contributed by atoms with E-state index in [2.05, 4.69) is 4.98 Å². The normalized spacial score (nSPS) is 10.4. The van der Waals surface area contributed by atoms with Crippen LogP contribution in [0, 0.1) is 5.41 Å². The van der Waals surface area contributed by atoms with E-state index in [1.807, 2.05) is 18.2 Å². The minimum atomic E-state index is -0.0261. The highest BCUT2D eigenvalue weighted by atomic mass is 35.5. The van der Waals surface area contributed by atoms with E-state index in [4.69, 9.17) is 22.7 Å². The van der Waals surface area contributed by atoms with Crippen LogP contribution in [-0.2, 0) is 0 Å². The van der Waals surface area contributed by atoms with E-state index in [1.165, 1.54) is 0 Å². The highest BCUT2D eigenvalue weighted by Gasteiger charge is 2.00. The Balaban J connectivity index is 2.67. The molecule has 1 aromatic carbocycles. The van der Waals surface area contributed by atoms with Gasteiger partial charge in [-0.1, -0.05) is 17.7 Å². The van der Waals surface area contributed by atoms with E-state index in [0.29, 0.717) is 10.7 Å². The molecule has 0 unspecified atom stereocenters. The molecule has 0 saturated heterocycles. The highest BCUT2D eigenvalue weighted by molar-refractivity contribution is 6.31. The lowest BCUT2D eigenvalue weighted by molar-refractivity contribution is 1.31. The summed E-state index contributed by atoms with van der Waals surface area (Å²) in [7, 11) is 0. The van der Waals surface area contributed by atoms with E-state index >= 15 is 0 Å². The Morgan fingerprint density at radius 3 is 2.79 bits per heavy atom. The molecule has 0 bridgehead atoms. The minimum Gasteiger partial charge on any atom is -0.382 e. The van der Waals surface area contributed by atoms with Crippen molar-refractivity contribution in [3.8, 4) is 0 Å². The molecule has 0 radical (unpaired) electrons. The van der Waals surface area contributed by atoms with Gasteiger partial charge in [-0.05, 0) is 24.3 Å². The Hall–Kier alpha value is -1.61. The molecule has 0 aliphatic carbocycles. The summed E-state index contributed by atoms with van der Waals surface area (Å²) in [6, 6.07) is 8.96. The zero-order valence-electron chi connectivity index (χ0n) is 7.29. The maximum Gasteiger partial charge on any atom is 0.141 e. The number of halogens is 1. The van der Waals surface area contributed by atoms with Crippen LogP contribution in [-0.4, -0.2) is 10.8 Å². The highest BCUT2D eigenvalue weighted by Crippen LogP contribution is 2.17. The second-order valence-corrected chi connectivity index (χ2v) is 3.38. The Bertz CT molecular complexity index is 508. The van der Waals surface area contributed by atoms with Crippen molar-refractivity contribution in [2.45, 2.75) is 0 Å². The minimum absolute atomic E-state index is 0.0261. The zero-order chi connectivity index (χ0) is 10.1. The van der Waals surface area contributed by atoms with E-state index < -0.39 is 0 Å². The molecule has 70 valence electrons. The smallest absolute Gasteiger partial charge is 0.141 e. The van der Waals surface area contributed by atoms with Gasteiger partial charge < -0.3 is 5.73 Å². The van der Waals surface area contributed by atoms with Crippen molar-refractivity contribution in [1.82, 2.24) is 4.98 Å². The monoisotopic (exact) mass is 205 g/mol. The summed E-state index contributed by atoms with van der Waals surface area (Å²) in [5.41, 5.74) is 6.61. The maximum atomic E-state index is 7.24. The summed E-state index contributed by atoms with van der Waals surface area (Å²) >= 11 is 5.83. The van der Waals surface area contributed by atoms with Gasteiger partial charge in [0.05, 0.1) is 5.52 Å². The average Bonchev–Trinajstić information content (AvgIpc) is 2.16. The number of amidine groups is 1. The number of hydrogen-bond acceptors (Lipinski definition) is 2. The quantitative estimate of drug-likeness (QED) is 0.554. The molecule has 3 N–H and O–H groups in total. The number of nitrogen functional groups attached to an aromatic ring is 1. The lowest BCUT2D eigenvalue weighted by Crippen LogP contribution is -2.12. The second kappa shape index (κ2) is 3.27. The van der Waals surface area contributed by atoms with Crippen LogP contribution in [0.1, 0.15) is 5.69 Å². The third-order valence-corrected chi connectivity index (χ3v) is 2.16. The van der Waals surface area contributed by atoms with Gasteiger partial charge in [-0.2, -0.15) is 0 Å². The fraction of sp³-hybridized carbons (Fsp3) is 0. The number of aromatic nitrogens is 1. The van der Waals surface area contributed by atoms with Crippen LogP contribution in [0.4, 0.5) is 0 Å². The molecule has 0 amide bonds. The van der Waals surface area contributed by atoms with Crippen LogP contribution in [0.25, 0.3) is 10.9 Å². The summed E-state index contributed by atoms with van der Waals surface area (Å²) in [6.45, 7) is 0. The number of benzene rings is 1. The maximum absolute atomic E-state index is 7.24. The molecule has 0 saturated carbocycles. The molecule has 3 nitrogen and oxygen atoms in total. The van der Waals surface area contributed by atoms with Gasteiger partial charge in [-0.25, -0.2) is 4.98 Å². The van der Waals surface area contributed by atoms with Crippen molar-refractivity contribution >= 4 is 28.3 Å². The Kier molecular flexibility index (Phi) is 2.09. The number of nitrogens with one attached hydrogen (secondary N) is 1. The number of hydrogen-bond donors (Lipinski definition) is 2. The van der Waals surface area contributed by atoms with E-state index in [0.717, 1.165) is 10.9 Å². The second-order valence-electron chi connectivity index (χ2n) is 2.95. The number of pyridine rings is 1. The van der Waals surface area contributed by atoms with Gasteiger partial charge in [-0.3, -0.25) is 5.41 Å². The van der Waals surface area contributed by atoms with Gasteiger partial charge >= 0.3 is 0 Å². The van der Waals surface area contributed by atoms with Crippen LogP contribution >= 0.6 is 11.6 Å². The first-order valence-corrected chi connectivity index (χ1v) is 4.45. The average molecular weight is 206 g/mol. The molecule has 0 spiro atoms. The van der Waals surface area contributed by atoms with Crippen molar-refractivity contribution in [3.63, 3.8) is 0 Å². The van der Waals surface area contributed by atoms with Crippen LogP contribution in [0.2, 0.25) is 5.02 Å². The summed E-state index contributed by atoms with van der Waals surface area (Å²) in [4.78, 5) is 4.21. The van der Waals surface area contributed by atoms with Gasteiger partial charge in [0.1, 0.15) is 11.5 Å². The fourth-order valence-corrected chi connectivity index (χ4v) is 1.43. The van der Waals surface area contributed by atoms with Crippen LogP contribution < -0.4 is 5.73 Å². The standard InChI is InChI=1S/C10H8ClN3/c11-7-2-4-8-6(5-7)1-3-9(14-8)10(12)13/h1-5H,(H3,12,13). The van der Waals surface area contributed by atoms with E-state index in [9.17, 15) is 0 Å². The molecule has 0 fully saturated rings. The molecular weight excluding hydrogens is 198 g/mol. The lowest BCUT2D eigenvalue weighted by atomic mass is 10.2. The van der Waals surface area contributed by atoms with Crippen molar-refractivity contribution in [3.05, 3.63) is 41.0 Å². The van der Waals surface area contributed by atoms with Crippen LogP contribution in [0.5, 0.6) is 0 Å². The number of nitrogens with two attached hydrogens (primary N) is 1. The first-order valence-electron chi connectivity index (χ1n) is 4.07. The molecule has 0 aliphatic heterocycles. The van der Waals surface area contributed by atoms with Gasteiger partial charge in [0.15, 0.2) is 0 Å². The predicted octanol–water partition coefficient (Wildman–Crippen LogP) is 2.17. The van der Waals surface area contributed by atoms with Crippen molar-refractivity contribution in [1.29, 1.82) is 5.41 Å². The predicted molar refractivity (Wildman–Crippen MR) is 57.8 cm³/mol. The lowest BCUT2D eigenvalue weighted by Gasteiger charge is -2.00. The van der Waals surface area contributed by atoms with Gasteiger partial charge in [-0.15, -0.1) is 0 Å². The largest absolute Gasteiger partial charge is 0.382 e. The SMILES string of the molecule is N=C(N)c1ccc2cc(Cl)ccc2n1. The summed E-state index contributed by atoms with van der Waals surface area (Å²) in [5.74, 6) is -0.0261. The van der Waals surface area contributed by atoms with Crippen LogP contribution in [0.15, 0.2) is 30.3 Å². The number of nitrogens with zero attached hydrogens (tertiary/aromatic N) is 1. The molecule has 4 heteroatoms. The summed E-state index contributed by atoms with van der Waals surface area (Å²) < 4.78 is 0. The number of rotatable bonds is 1. The molecule has 2 aromatic rings. The molecule has 1 heterocycles. The van der Waals surface area contributed by atoms with Crippen molar-refractivity contribution in [2.24, 2.45) is 5.73 Å². The van der Waals surface area contributed by atoms with Gasteiger partial charge in [0.2, 0.25) is 0 Å². The topological polar surface area (TPSA) is 62.8 Å². The molecule has 14 heavy (non-hydrogen) atoms. The third-order valence-electron chi connectivity index (χ3n) is 1.93. The molecule has 0 atom stereocenters. The fourth-order valence-electron chi connectivity index (χ4n) is 1.25. The summed E-state index contributed by atoms with van der Waals surface area (Å²) in [5, 5.41) is 8.86.